The number of hydrogen-bond donors (Lipinski definition) is 0. The van der Waals surface area contributed by atoms with Crippen LogP contribution in [-0.2, 0) is 22.9 Å². The summed E-state index contributed by atoms with van der Waals surface area (Å²) in [6, 6.07) is 8.16. The maximum absolute atomic E-state index is 13.4. The first-order valence-corrected chi connectivity index (χ1v) is 12.8. The van der Waals surface area contributed by atoms with E-state index in [1.807, 2.05) is 6.07 Å². The third kappa shape index (κ3) is 4.63. The summed E-state index contributed by atoms with van der Waals surface area (Å²) in [6.07, 6.45) is -0.810. The standard InChI is InChI=1S/C22H19ClF3N7O2S/c23-17-8-14(33-6-1-5-28-33)2-3-19(17)36(34,35)15-4-7-32(10-15)21-16-11-31(13-22(24,25)26)12-18(16)29-20(9-27)30-21/h1-3,5-6,8,15H,4,7,10-13H2/t15-/m0/s1. The van der Waals surface area contributed by atoms with Crippen LogP contribution in [0.2, 0.25) is 5.02 Å². The molecule has 0 radical (unpaired) electrons. The van der Waals surface area contributed by atoms with Gasteiger partial charge in [-0.3, -0.25) is 4.90 Å². The second kappa shape index (κ2) is 9.02. The first kappa shape index (κ1) is 24.5. The monoisotopic (exact) mass is 537 g/mol. The van der Waals surface area contributed by atoms with E-state index in [0.717, 1.165) is 0 Å². The zero-order valence-corrected chi connectivity index (χ0v) is 20.2. The van der Waals surface area contributed by atoms with Gasteiger partial charge in [0, 0.05) is 44.1 Å². The fourth-order valence-corrected chi connectivity index (χ4v) is 6.85. The highest BCUT2D eigenvalue weighted by Crippen LogP contribution is 2.36. The maximum Gasteiger partial charge on any atom is 0.401 e. The molecule has 0 spiro atoms. The van der Waals surface area contributed by atoms with Crippen LogP contribution in [-0.4, -0.2) is 64.1 Å². The number of halogens is 4. The Morgan fingerprint density at radius 1 is 1.22 bits per heavy atom. The fourth-order valence-electron chi connectivity index (χ4n) is 4.62. The van der Waals surface area contributed by atoms with Gasteiger partial charge in [-0.1, -0.05) is 11.6 Å². The van der Waals surface area contributed by atoms with Gasteiger partial charge in [0.2, 0.25) is 5.82 Å². The van der Waals surface area contributed by atoms with Crippen molar-refractivity contribution in [2.24, 2.45) is 0 Å². The van der Waals surface area contributed by atoms with E-state index in [1.165, 1.54) is 17.0 Å². The Labute approximate surface area is 209 Å². The number of alkyl halides is 3. The van der Waals surface area contributed by atoms with Crippen LogP contribution in [0.3, 0.4) is 0 Å². The number of rotatable bonds is 5. The first-order valence-electron chi connectivity index (χ1n) is 10.9. The molecule has 0 unspecified atom stereocenters. The zero-order chi connectivity index (χ0) is 25.7. The smallest absolute Gasteiger partial charge is 0.355 e. The van der Waals surface area contributed by atoms with E-state index in [9.17, 15) is 26.9 Å². The molecule has 9 nitrogen and oxygen atoms in total. The van der Waals surface area contributed by atoms with Crippen molar-refractivity contribution in [2.75, 3.05) is 24.5 Å². The molecule has 14 heteroatoms. The van der Waals surface area contributed by atoms with Gasteiger partial charge in [0.15, 0.2) is 9.84 Å². The number of hydrogen-bond acceptors (Lipinski definition) is 8. The minimum absolute atomic E-state index is 0.00564. The summed E-state index contributed by atoms with van der Waals surface area (Å²) in [5, 5.41) is 12.7. The summed E-state index contributed by atoms with van der Waals surface area (Å²) >= 11 is 6.36. The van der Waals surface area contributed by atoms with Gasteiger partial charge in [0.1, 0.15) is 11.9 Å². The number of anilines is 1. The Hall–Kier alpha value is -3.21. The van der Waals surface area contributed by atoms with Crippen molar-refractivity contribution in [2.45, 2.75) is 35.8 Å². The highest BCUT2D eigenvalue weighted by molar-refractivity contribution is 7.92. The van der Waals surface area contributed by atoms with Gasteiger partial charge in [-0.05, 0) is 30.7 Å². The number of nitrogens with zero attached hydrogens (tertiary/aromatic N) is 7. The van der Waals surface area contributed by atoms with Gasteiger partial charge in [0.05, 0.1) is 33.1 Å². The van der Waals surface area contributed by atoms with Crippen molar-refractivity contribution in [1.82, 2.24) is 24.6 Å². The molecular formula is C22H19ClF3N7O2S. The summed E-state index contributed by atoms with van der Waals surface area (Å²) in [6.45, 7) is -0.848. The Kier molecular flexibility index (Phi) is 6.14. The Balaban J connectivity index is 1.40. The van der Waals surface area contributed by atoms with Crippen LogP contribution in [0.25, 0.3) is 5.69 Å². The minimum atomic E-state index is -4.38. The zero-order valence-electron chi connectivity index (χ0n) is 18.7. The molecule has 1 saturated heterocycles. The average molecular weight is 538 g/mol. The molecule has 0 bridgehead atoms. The summed E-state index contributed by atoms with van der Waals surface area (Å²) in [7, 11) is -3.83. The van der Waals surface area contributed by atoms with E-state index in [2.05, 4.69) is 15.1 Å². The lowest BCUT2D eigenvalue weighted by atomic mass is 10.2. The van der Waals surface area contributed by atoms with Gasteiger partial charge in [-0.25, -0.2) is 23.1 Å². The summed E-state index contributed by atoms with van der Waals surface area (Å²) in [4.78, 5) is 11.2. The van der Waals surface area contributed by atoms with E-state index in [0.29, 0.717) is 29.3 Å². The molecule has 3 aromatic rings. The number of aromatic nitrogens is 4. The van der Waals surface area contributed by atoms with Gasteiger partial charge < -0.3 is 4.90 Å². The van der Waals surface area contributed by atoms with Crippen LogP contribution < -0.4 is 4.90 Å². The molecule has 2 aliphatic heterocycles. The number of nitriles is 1. The summed E-state index contributed by atoms with van der Waals surface area (Å²) in [5.41, 5.74) is 1.45. The quantitative estimate of drug-likeness (QED) is 0.488. The molecule has 1 aromatic carbocycles. The lowest BCUT2D eigenvalue weighted by Crippen LogP contribution is -2.30. The van der Waals surface area contributed by atoms with E-state index in [4.69, 9.17) is 11.6 Å². The molecule has 1 atom stereocenters. The average Bonchev–Trinajstić information content (AvgIpc) is 3.57. The van der Waals surface area contributed by atoms with Crippen LogP contribution in [0.4, 0.5) is 19.0 Å². The second-order valence-corrected chi connectivity index (χ2v) is 11.2. The minimum Gasteiger partial charge on any atom is -0.355 e. The Morgan fingerprint density at radius 3 is 2.69 bits per heavy atom. The van der Waals surface area contributed by atoms with E-state index in [1.54, 1.807) is 34.1 Å². The van der Waals surface area contributed by atoms with Crippen molar-refractivity contribution in [3.63, 3.8) is 0 Å². The van der Waals surface area contributed by atoms with Crippen LogP contribution >= 0.6 is 11.6 Å². The van der Waals surface area contributed by atoms with Crippen molar-refractivity contribution in [3.05, 3.63) is 58.8 Å². The van der Waals surface area contributed by atoms with Gasteiger partial charge in [-0.2, -0.15) is 23.5 Å². The lowest BCUT2D eigenvalue weighted by molar-refractivity contribution is -0.147. The number of fused-ring (bicyclic) bond motifs is 1. The van der Waals surface area contributed by atoms with Crippen molar-refractivity contribution >= 4 is 27.3 Å². The molecule has 0 amide bonds. The normalized spacial score (nSPS) is 18.4. The summed E-state index contributed by atoms with van der Waals surface area (Å²) < 4.78 is 67.3. The highest BCUT2D eigenvalue weighted by Gasteiger charge is 2.40. The van der Waals surface area contributed by atoms with E-state index in [-0.39, 0.29) is 41.8 Å². The van der Waals surface area contributed by atoms with Gasteiger partial charge >= 0.3 is 6.18 Å². The first-order chi connectivity index (χ1) is 17.0. The van der Waals surface area contributed by atoms with E-state index >= 15 is 0 Å². The molecular weight excluding hydrogens is 519 g/mol. The molecule has 188 valence electrons. The molecule has 0 saturated carbocycles. The predicted octanol–water partition coefficient (Wildman–Crippen LogP) is 3.12. The Bertz CT molecular complexity index is 1460. The topological polar surface area (TPSA) is 108 Å². The summed E-state index contributed by atoms with van der Waals surface area (Å²) in [5.74, 6) is 0.139. The number of sulfone groups is 1. The van der Waals surface area contributed by atoms with E-state index < -0.39 is 27.8 Å². The molecule has 0 N–H and O–H groups in total. The fraction of sp³-hybridized carbons (Fsp3) is 0.364. The predicted molar refractivity (Wildman–Crippen MR) is 123 cm³/mol. The van der Waals surface area contributed by atoms with Crippen molar-refractivity contribution in [3.8, 4) is 11.8 Å². The SMILES string of the molecule is N#Cc1nc2c(c(N3CC[C@H](S(=O)(=O)c4ccc(-n5cccn5)cc4Cl)C3)n1)CN(CC(F)(F)F)C2. The molecule has 1 fully saturated rings. The number of benzene rings is 1. The van der Waals surface area contributed by atoms with Crippen LogP contribution in [0, 0.1) is 11.3 Å². The molecule has 36 heavy (non-hydrogen) atoms. The largest absolute Gasteiger partial charge is 0.401 e. The lowest BCUT2D eigenvalue weighted by Gasteiger charge is -2.21. The van der Waals surface area contributed by atoms with Crippen LogP contribution in [0.15, 0.2) is 41.6 Å². The molecule has 4 heterocycles. The van der Waals surface area contributed by atoms with Crippen molar-refractivity contribution < 1.29 is 21.6 Å². The van der Waals surface area contributed by atoms with Crippen LogP contribution in [0.1, 0.15) is 23.5 Å². The third-order valence-electron chi connectivity index (χ3n) is 6.20. The second-order valence-electron chi connectivity index (χ2n) is 8.64. The third-order valence-corrected chi connectivity index (χ3v) is 8.86. The molecule has 2 aromatic heterocycles. The molecule has 5 rings (SSSR count). The molecule has 0 aliphatic carbocycles. The van der Waals surface area contributed by atoms with Crippen LogP contribution in [0.5, 0.6) is 0 Å². The van der Waals surface area contributed by atoms with Gasteiger partial charge in [-0.15, -0.1) is 0 Å². The van der Waals surface area contributed by atoms with Crippen molar-refractivity contribution in [1.29, 1.82) is 5.26 Å². The Morgan fingerprint density at radius 2 is 2.03 bits per heavy atom. The van der Waals surface area contributed by atoms with Gasteiger partial charge in [0.25, 0.3) is 0 Å². The maximum atomic E-state index is 13.4. The highest BCUT2D eigenvalue weighted by atomic mass is 35.5. The molecule has 2 aliphatic rings.